The zero-order valence-electron chi connectivity index (χ0n) is 12.5. The Hall–Kier alpha value is -0.920. The van der Waals surface area contributed by atoms with Crippen LogP contribution in [0.5, 0.6) is 0 Å². The fourth-order valence-corrected chi connectivity index (χ4v) is 5.30. The molecule has 0 spiro atoms. The number of likely N-dealkylation sites (N-methyl/N-ethyl adjacent to an activating group) is 1. The van der Waals surface area contributed by atoms with Gasteiger partial charge in [0.2, 0.25) is 5.91 Å². The molecule has 1 aromatic heterocycles. The summed E-state index contributed by atoms with van der Waals surface area (Å²) >= 11 is 1.21. The molecule has 2 rings (SSSR count). The smallest absolute Gasteiger partial charge is 0.252 e. The molecule has 21 heavy (non-hydrogen) atoms. The van der Waals surface area contributed by atoms with Gasteiger partial charge >= 0.3 is 0 Å². The van der Waals surface area contributed by atoms with E-state index in [0.29, 0.717) is 23.8 Å². The summed E-state index contributed by atoms with van der Waals surface area (Å²) in [6, 6.07) is 3.38. The molecule has 0 aliphatic carbocycles. The maximum absolute atomic E-state index is 12.5. The topological polar surface area (TPSA) is 57.7 Å². The second-order valence-electron chi connectivity index (χ2n) is 5.27. The van der Waals surface area contributed by atoms with Gasteiger partial charge in [-0.25, -0.2) is 8.42 Å². The molecule has 0 aromatic carbocycles. The van der Waals surface area contributed by atoms with Crippen molar-refractivity contribution in [1.29, 1.82) is 0 Å². The second kappa shape index (κ2) is 6.89. The maximum Gasteiger partial charge on any atom is 0.252 e. The van der Waals surface area contributed by atoms with Gasteiger partial charge < -0.3 is 4.90 Å². The minimum absolute atomic E-state index is 0.0151. The molecular weight excluding hydrogens is 308 g/mol. The molecule has 1 aromatic rings. The molecule has 5 nitrogen and oxygen atoms in total. The van der Waals surface area contributed by atoms with E-state index in [0.717, 1.165) is 24.1 Å². The Kier molecular flexibility index (Phi) is 5.40. The van der Waals surface area contributed by atoms with Gasteiger partial charge in [-0.05, 0) is 31.9 Å². The minimum Gasteiger partial charge on any atom is -0.346 e. The SMILES string of the molecule is CCN(C)C(=O)Cc1ccc(S(=O)(=O)N2CCCCC2)s1. The first-order chi connectivity index (χ1) is 9.95. The average Bonchev–Trinajstić information content (AvgIpc) is 2.96. The lowest BCUT2D eigenvalue weighted by Crippen LogP contribution is -2.35. The molecule has 7 heteroatoms. The molecule has 2 heterocycles. The van der Waals surface area contributed by atoms with Crippen molar-refractivity contribution in [3.8, 4) is 0 Å². The molecule has 1 aliphatic heterocycles. The summed E-state index contributed by atoms with van der Waals surface area (Å²) in [6.45, 7) is 3.78. The number of nitrogens with zero attached hydrogens (tertiary/aromatic N) is 2. The summed E-state index contributed by atoms with van der Waals surface area (Å²) in [6.07, 6.45) is 3.22. The first-order valence-electron chi connectivity index (χ1n) is 7.28. The lowest BCUT2D eigenvalue weighted by atomic mass is 10.2. The second-order valence-corrected chi connectivity index (χ2v) is 8.60. The zero-order chi connectivity index (χ0) is 15.5. The van der Waals surface area contributed by atoms with Gasteiger partial charge in [-0.15, -0.1) is 11.3 Å². The third-order valence-corrected chi connectivity index (χ3v) is 7.22. The molecule has 0 N–H and O–H groups in total. The highest BCUT2D eigenvalue weighted by atomic mass is 32.2. The van der Waals surface area contributed by atoms with Crippen molar-refractivity contribution in [2.24, 2.45) is 0 Å². The van der Waals surface area contributed by atoms with Gasteiger partial charge in [0.25, 0.3) is 10.0 Å². The van der Waals surface area contributed by atoms with Gasteiger partial charge in [-0.3, -0.25) is 4.79 Å². The van der Waals surface area contributed by atoms with Gasteiger partial charge in [0.15, 0.2) is 0 Å². The molecule has 1 saturated heterocycles. The van der Waals surface area contributed by atoms with E-state index in [1.807, 2.05) is 6.92 Å². The summed E-state index contributed by atoms with van der Waals surface area (Å²) in [4.78, 5) is 14.3. The fourth-order valence-electron chi connectivity index (χ4n) is 2.28. The standard InChI is InChI=1S/C14H22N2O3S2/c1-3-15(2)13(17)11-12-7-8-14(20-12)21(18,19)16-9-5-4-6-10-16/h7-8H,3-6,9-11H2,1-2H3. The quantitative estimate of drug-likeness (QED) is 0.829. The molecule has 1 aliphatic rings. The highest BCUT2D eigenvalue weighted by molar-refractivity contribution is 7.91. The first kappa shape index (κ1) is 16.5. The van der Waals surface area contributed by atoms with Crippen LogP contribution in [0.15, 0.2) is 16.3 Å². The Morgan fingerprint density at radius 2 is 1.95 bits per heavy atom. The summed E-state index contributed by atoms with van der Waals surface area (Å²) < 4.78 is 26.9. The number of sulfonamides is 1. The molecule has 0 unspecified atom stereocenters. The van der Waals surface area contributed by atoms with Crippen LogP contribution in [-0.4, -0.2) is 50.2 Å². The van der Waals surface area contributed by atoms with Gasteiger partial charge in [-0.1, -0.05) is 6.42 Å². The molecule has 118 valence electrons. The predicted octanol–water partition coefficient (Wildman–Crippen LogP) is 1.94. The first-order valence-corrected chi connectivity index (χ1v) is 9.53. The van der Waals surface area contributed by atoms with Crippen molar-refractivity contribution >= 4 is 27.3 Å². The monoisotopic (exact) mass is 330 g/mol. The minimum atomic E-state index is -3.38. The van der Waals surface area contributed by atoms with Crippen LogP contribution in [0.4, 0.5) is 0 Å². The van der Waals surface area contributed by atoms with E-state index < -0.39 is 10.0 Å². The fraction of sp³-hybridized carbons (Fsp3) is 0.643. The maximum atomic E-state index is 12.5. The molecular formula is C14H22N2O3S2. The van der Waals surface area contributed by atoms with Gasteiger partial charge in [-0.2, -0.15) is 4.31 Å². The van der Waals surface area contributed by atoms with E-state index in [1.165, 1.54) is 11.3 Å². The largest absolute Gasteiger partial charge is 0.346 e. The van der Waals surface area contributed by atoms with Crippen LogP contribution < -0.4 is 0 Å². The van der Waals surface area contributed by atoms with Crippen LogP contribution in [0, 0.1) is 0 Å². The predicted molar refractivity (Wildman–Crippen MR) is 83.9 cm³/mol. The highest BCUT2D eigenvalue weighted by Gasteiger charge is 2.27. The van der Waals surface area contributed by atoms with Crippen molar-refractivity contribution in [2.75, 3.05) is 26.7 Å². The Bertz CT molecular complexity index is 589. The summed E-state index contributed by atoms with van der Waals surface area (Å²) in [5.41, 5.74) is 0. The Morgan fingerprint density at radius 3 is 2.57 bits per heavy atom. The van der Waals surface area contributed by atoms with E-state index in [-0.39, 0.29) is 12.3 Å². The van der Waals surface area contributed by atoms with Crippen molar-refractivity contribution in [1.82, 2.24) is 9.21 Å². The molecule has 1 fully saturated rings. The van der Waals surface area contributed by atoms with E-state index in [2.05, 4.69) is 0 Å². The Morgan fingerprint density at radius 1 is 1.29 bits per heavy atom. The van der Waals surface area contributed by atoms with Gasteiger partial charge in [0.1, 0.15) is 4.21 Å². The zero-order valence-corrected chi connectivity index (χ0v) is 14.2. The van der Waals surface area contributed by atoms with E-state index in [4.69, 9.17) is 0 Å². The molecule has 0 radical (unpaired) electrons. The summed E-state index contributed by atoms with van der Waals surface area (Å²) in [5.74, 6) is 0.0151. The number of amides is 1. The van der Waals surface area contributed by atoms with Crippen molar-refractivity contribution in [3.63, 3.8) is 0 Å². The van der Waals surface area contributed by atoms with E-state index in [9.17, 15) is 13.2 Å². The van der Waals surface area contributed by atoms with Crippen LogP contribution in [0.1, 0.15) is 31.1 Å². The molecule has 0 atom stereocenters. The Labute approximate surface area is 130 Å². The third-order valence-electron chi connectivity index (χ3n) is 3.77. The number of hydrogen-bond donors (Lipinski definition) is 0. The number of carbonyl (C=O) groups is 1. The van der Waals surface area contributed by atoms with Crippen LogP contribution in [0.3, 0.4) is 0 Å². The summed E-state index contributed by atoms with van der Waals surface area (Å²) in [7, 11) is -1.62. The normalized spacial score (nSPS) is 16.9. The number of piperidine rings is 1. The third kappa shape index (κ3) is 3.84. The van der Waals surface area contributed by atoms with E-state index >= 15 is 0 Å². The van der Waals surface area contributed by atoms with Crippen molar-refractivity contribution in [3.05, 3.63) is 17.0 Å². The van der Waals surface area contributed by atoms with Crippen LogP contribution >= 0.6 is 11.3 Å². The lowest BCUT2D eigenvalue weighted by Gasteiger charge is -2.25. The van der Waals surface area contributed by atoms with E-state index in [1.54, 1.807) is 28.4 Å². The molecule has 1 amide bonds. The lowest BCUT2D eigenvalue weighted by molar-refractivity contribution is -0.128. The highest BCUT2D eigenvalue weighted by Crippen LogP contribution is 2.27. The Balaban J connectivity index is 2.10. The summed E-state index contributed by atoms with van der Waals surface area (Å²) in [5, 5.41) is 0. The number of hydrogen-bond acceptors (Lipinski definition) is 4. The molecule has 0 bridgehead atoms. The van der Waals surface area contributed by atoms with Gasteiger partial charge in [0.05, 0.1) is 6.42 Å². The molecule has 0 saturated carbocycles. The van der Waals surface area contributed by atoms with Crippen molar-refractivity contribution < 1.29 is 13.2 Å². The van der Waals surface area contributed by atoms with Crippen molar-refractivity contribution in [2.45, 2.75) is 36.8 Å². The van der Waals surface area contributed by atoms with Gasteiger partial charge in [0, 0.05) is 31.6 Å². The van der Waals surface area contributed by atoms with Crippen LogP contribution in [-0.2, 0) is 21.2 Å². The van der Waals surface area contributed by atoms with Crippen LogP contribution in [0.25, 0.3) is 0 Å². The average molecular weight is 330 g/mol. The number of thiophene rings is 1. The van der Waals surface area contributed by atoms with Crippen LogP contribution in [0.2, 0.25) is 0 Å². The number of rotatable bonds is 5. The number of carbonyl (C=O) groups excluding carboxylic acids is 1.